The first-order valence-electron chi connectivity index (χ1n) is 9.53. The van der Waals surface area contributed by atoms with E-state index in [0.717, 1.165) is 33.8 Å². The lowest BCUT2D eigenvalue weighted by molar-refractivity contribution is -0.0455. The third-order valence-corrected chi connectivity index (χ3v) is 6.38. The van der Waals surface area contributed by atoms with Gasteiger partial charge in [0.25, 0.3) is 0 Å². The molecule has 2 aromatic heterocycles. The van der Waals surface area contributed by atoms with Gasteiger partial charge >= 0.3 is 0 Å². The molecule has 1 aliphatic rings. The van der Waals surface area contributed by atoms with E-state index in [1.54, 1.807) is 0 Å². The summed E-state index contributed by atoms with van der Waals surface area (Å²) in [6, 6.07) is 11.1. The molecular weight excluding hydrogens is 390 g/mol. The second kappa shape index (κ2) is 7.44. The summed E-state index contributed by atoms with van der Waals surface area (Å²) < 4.78 is 31.0. The molecule has 0 aliphatic carbocycles. The van der Waals surface area contributed by atoms with Gasteiger partial charge < -0.3 is 19.6 Å². The molecule has 3 aromatic rings. The summed E-state index contributed by atoms with van der Waals surface area (Å²) >= 11 is 0. The van der Waals surface area contributed by atoms with Crippen molar-refractivity contribution in [1.82, 2.24) is 9.38 Å². The van der Waals surface area contributed by atoms with Gasteiger partial charge in [-0.05, 0) is 25.5 Å². The van der Waals surface area contributed by atoms with E-state index in [9.17, 15) is 13.5 Å². The molecule has 0 saturated heterocycles. The van der Waals surface area contributed by atoms with Crippen molar-refractivity contribution in [3.05, 3.63) is 65.1 Å². The molecule has 3 unspecified atom stereocenters. The summed E-state index contributed by atoms with van der Waals surface area (Å²) in [5, 5.41) is 14.6. The van der Waals surface area contributed by atoms with Crippen LogP contribution in [0.2, 0.25) is 0 Å². The fourth-order valence-electron chi connectivity index (χ4n) is 3.79. The maximum atomic E-state index is 11.5. The summed E-state index contributed by atoms with van der Waals surface area (Å²) in [6.07, 6.45) is 1.54. The highest BCUT2D eigenvalue weighted by molar-refractivity contribution is 7.90. The van der Waals surface area contributed by atoms with Crippen LogP contribution in [0.4, 0.5) is 5.69 Å². The molecule has 3 heterocycles. The number of sulfone groups is 1. The summed E-state index contributed by atoms with van der Waals surface area (Å²) in [7, 11) is -3.16. The van der Waals surface area contributed by atoms with Crippen LogP contribution in [0.5, 0.6) is 0 Å². The highest BCUT2D eigenvalue weighted by atomic mass is 32.2. The van der Waals surface area contributed by atoms with E-state index >= 15 is 0 Å². The monoisotopic (exact) mass is 415 g/mol. The van der Waals surface area contributed by atoms with Crippen LogP contribution in [0.1, 0.15) is 34.7 Å². The van der Waals surface area contributed by atoms with Gasteiger partial charge in [-0.15, -0.1) is 0 Å². The minimum atomic E-state index is -3.16. The van der Waals surface area contributed by atoms with E-state index in [0.29, 0.717) is 0 Å². The number of hydrogen-bond donors (Lipinski definition) is 2. The van der Waals surface area contributed by atoms with Crippen molar-refractivity contribution in [3.63, 3.8) is 0 Å². The van der Waals surface area contributed by atoms with E-state index in [1.807, 2.05) is 60.8 Å². The second-order valence-electron chi connectivity index (χ2n) is 7.57. The predicted octanol–water partition coefficient (Wildman–Crippen LogP) is 2.58. The van der Waals surface area contributed by atoms with Crippen molar-refractivity contribution in [2.24, 2.45) is 0 Å². The smallest absolute Gasteiger partial charge is 0.161 e. The lowest BCUT2D eigenvalue weighted by atomic mass is 9.89. The summed E-state index contributed by atoms with van der Waals surface area (Å²) in [6.45, 7) is 3.98. The maximum Gasteiger partial charge on any atom is 0.161 e. The summed E-state index contributed by atoms with van der Waals surface area (Å²) in [4.78, 5) is 4.70. The fourth-order valence-corrected chi connectivity index (χ4v) is 4.19. The molecule has 4 rings (SSSR count). The standard InChI is InChI=1S/C21H25N3O4S/c1-13-14(2)24-10-9-16-18(21(24)22-13)23-17(15-7-5-4-6-8-15)19(25)20(16)28-11-12-29(3,26)27/h4-10,17,19-20,23,25H,11-12H2,1-3H3. The molecule has 0 fully saturated rings. The van der Waals surface area contributed by atoms with Crippen LogP contribution < -0.4 is 5.32 Å². The molecule has 2 N–H and O–H groups in total. The minimum Gasteiger partial charge on any atom is -0.388 e. The van der Waals surface area contributed by atoms with Crippen LogP contribution in [0, 0.1) is 13.8 Å². The highest BCUT2D eigenvalue weighted by Gasteiger charge is 2.38. The highest BCUT2D eigenvalue weighted by Crippen LogP contribution is 2.43. The van der Waals surface area contributed by atoms with Crippen LogP contribution >= 0.6 is 0 Å². The zero-order chi connectivity index (χ0) is 20.8. The zero-order valence-corrected chi connectivity index (χ0v) is 17.5. The number of nitrogens with one attached hydrogen (secondary N) is 1. The molecule has 0 saturated carbocycles. The van der Waals surface area contributed by atoms with Gasteiger partial charge in [-0.1, -0.05) is 30.3 Å². The first-order chi connectivity index (χ1) is 13.8. The van der Waals surface area contributed by atoms with Crippen LogP contribution in [-0.2, 0) is 14.6 Å². The quantitative estimate of drug-likeness (QED) is 0.665. The number of aromatic nitrogens is 2. The van der Waals surface area contributed by atoms with E-state index in [2.05, 4.69) is 5.32 Å². The van der Waals surface area contributed by atoms with E-state index < -0.39 is 28.1 Å². The van der Waals surface area contributed by atoms with Gasteiger partial charge in [-0.2, -0.15) is 0 Å². The number of anilines is 1. The Hall–Kier alpha value is -2.42. The molecule has 29 heavy (non-hydrogen) atoms. The number of imidazole rings is 1. The maximum absolute atomic E-state index is 11.5. The molecule has 7 nitrogen and oxygen atoms in total. The molecule has 0 bridgehead atoms. The Morgan fingerprint density at radius 2 is 1.93 bits per heavy atom. The first kappa shape index (κ1) is 19.9. The first-order valence-corrected chi connectivity index (χ1v) is 11.6. The van der Waals surface area contributed by atoms with Crippen molar-refractivity contribution in [2.75, 3.05) is 23.9 Å². The number of rotatable bonds is 5. The Bertz CT molecular complexity index is 1140. The number of hydrogen-bond acceptors (Lipinski definition) is 6. The second-order valence-corrected chi connectivity index (χ2v) is 9.83. The number of fused-ring (bicyclic) bond motifs is 3. The van der Waals surface area contributed by atoms with E-state index in [4.69, 9.17) is 9.72 Å². The number of aryl methyl sites for hydroxylation is 2. The lowest BCUT2D eigenvalue weighted by Crippen LogP contribution is -2.38. The number of pyridine rings is 1. The fraction of sp³-hybridized carbons (Fsp3) is 0.381. The average Bonchev–Trinajstić information content (AvgIpc) is 2.97. The number of ether oxygens (including phenoxy) is 1. The van der Waals surface area contributed by atoms with Gasteiger partial charge in [-0.3, -0.25) is 0 Å². The molecule has 154 valence electrons. The Morgan fingerprint density at radius 3 is 2.62 bits per heavy atom. The lowest BCUT2D eigenvalue weighted by Gasteiger charge is -2.38. The van der Waals surface area contributed by atoms with Gasteiger partial charge in [0.05, 0.1) is 29.8 Å². The van der Waals surface area contributed by atoms with Crippen LogP contribution in [-0.4, -0.2) is 47.6 Å². The Morgan fingerprint density at radius 1 is 1.21 bits per heavy atom. The van der Waals surface area contributed by atoms with Crippen molar-refractivity contribution in [3.8, 4) is 0 Å². The number of aliphatic hydroxyl groups excluding tert-OH is 1. The molecule has 0 amide bonds. The van der Waals surface area contributed by atoms with Gasteiger partial charge in [0, 0.05) is 23.7 Å². The van der Waals surface area contributed by atoms with Gasteiger partial charge in [-0.25, -0.2) is 13.4 Å². The Kier molecular flexibility index (Phi) is 5.10. The minimum absolute atomic E-state index is 0.0131. The molecule has 3 atom stereocenters. The number of nitrogens with zero attached hydrogens (tertiary/aromatic N) is 2. The normalized spacial score (nSPS) is 21.7. The van der Waals surface area contributed by atoms with Gasteiger partial charge in [0.15, 0.2) is 5.65 Å². The Balaban J connectivity index is 1.79. The van der Waals surface area contributed by atoms with Crippen LogP contribution in [0.15, 0.2) is 42.6 Å². The Labute approximate surface area is 170 Å². The van der Waals surface area contributed by atoms with Gasteiger partial charge in [0.2, 0.25) is 0 Å². The average molecular weight is 416 g/mol. The van der Waals surface area contributed by atoms with Crippen molar-refractivity contribution < 1.29 is 18.3 Å². The zero-order valence-electron chi connectivity index (χ0n) is 16.7. The summed E-state index contributed by atoms with van der Waals surface area (Å²) in [5.74, 6) is -0.0984. The van der Waals surface area contributed by atoms with Crippen molar-refractivity contribution in [1.29, 1.82) is 0 Å². The number of benzene rings is 1. The topological polar surface area (TPSA) is 92.9 Å². The molecule has 0 spiro atoms. The third-order valence-electron chi connectivity index (χ3n) is 5.47. The van der Waals surface area contributed by atoms with Crippen LogP contribution in [0.25, 0.3) is 5.65 Å². The van der Waals surface area contributed by atoms with Gasteiger partial charge in [0.1, 0.15) is 22.0 Å². The molecule has 0 radical (unpaired) electrons. The predicted molar refractivity (Wildman–Crippen MR) is 112 cm³/mol. The molecular formula is C21H25N3O4S. The van der Waals surface area contributed by atoms with Crippen LogP contribution in [0.3, 0.4) is 0 Å². The number of aliphatic hydroxyl groups is 1. The largest absolute Gasteiger partial charge is 0.388 e. The van der Waals surface area contributed by atoms with Crippen molar-refractivity contribution >= 4 is 21.2 Å². The van der Waals surface area contributed by atoms with E-state index in [-0.39, 0.29) is 12.4 Å². The summed E-state index contributed by atoms with van der Waals surface area (Å²) in [5.41, 5.74) is 5.23. The van der Waals surface area contributed by atoms with Crippen molar-refractivity contribution in [2.45, 2.75) is 32.1 Å². The van der Waals surface area contributed by atoms with E-state index in [1.165, 1.54) is 6.26 Å². The third kappa shape index (κ3) is 3.75. The molecule has 1 aliphatic heterocycles. The SMILES string of the molecule is Cc1nc2c3c(ccn2c1C)C(OCCS(C)(=O)=O)C(O)C(c1ccccc1)N3. The molecule has 1 aromatic carbocycles. The molecule has 8 heteroatoms.